The first kappa shape index (κ1) is 14.6. The summed E-state index contributed by atoms with van der Waals surface area (Å²) in [4.78, 5) is 11.5. The zero-order chi connectivity index (χ0) is 13.6. The van der Waals surface area contributed by atoms with E-state index in [2.05, 4.69) is 10.1 Å². The van der Waals surface area contributed by atoms with Crippen LogP contribution in [0.15, 0.2) is 35.2 Å². The Kier molecular flexibility index (Phi) is 5.26. The van der Waals surface area contributed by atoms with Crippen molar-refractivity contribution in [2.75, 3.05) is 20.6 Å². The van der Waals surface area contributed by atoms with Crippen molar-refractivity contribution in [2.45, 2.75) is 11.3 Å². The van der Waals surface area contributed by atoms with Crippen molar-refractivity contribution in [3.63, 3.8) is 0 Å². The summed E-state index contributed by atoms with van der Waals surface area (Å²) in [6.45, 7) is 0.0664. The summed E-state index contributed by atoms with van der Waals surface area (Å²) in [5.41, 5.74) is 2.53. The molecular formula is C11H17N3O3S. The molecule has 0 radical (unpaired) electrons. The highest BCUT2D eigenvalue weighted by atomic mass is 32.2. The average Bonchev–Trinajstić information content (AvgIpc) is 2.29. The van der Waals surface area contributed by atoms with Crippen LogP contribution in [0, 0.1) is 0 Å². The Bertz CT molecular complexity index is 486. The number of rotatable bonds is 6. The zero-order valence-electron chi connectivity index (χ0n) is 10.4. The first-order chi connectivity index (χ1) is 8.42. The molecule has 0 aromatic heterocycles. The smallest absolute Gasteiger partial charge is 0.240 e. The summed E-state index contributed by atoms with van der Waals surface area (Å²) in [6, 6.07) is 8.04. The number of carbonyl (C=O) groups is 1. The lowest BCUT2D eigenvalue weighted by Crippen LogP contribution is -2.38. The van der Waals surface area contributed by atoms with Gasteiger partial charge in [-0.2, -0.15) is 0 Å². The molecule has 0 saturated heterocycles. The molecule has 100 valence electrons. The summed E-state index contributed by atoms with van der Waals surface area (Å²) in [7, 11) is -0.155. The highest BCUT2D eigenvalue weighted by Crippen LogP contribution is 2.06. The molecule has 1 amide bonds. The summed E-state index contributed by atoms with van der Waals surface area (Å²) in [5.74, 6) is -0.240. The second kappa shape index (κ2) is 6.48. The maximum atomic E-state index is 11.8. The first-order valence-electron chi connectivity index (χ1n) is 5.43. The van der Waals surface area contributed by atoms with Crippen LogP contribution in [-0.2, 0) is 14.8 Å². The quantitative estimate of drug-likeness (QED) is 0.711. The number of hydrazine groups is 1. The van der Waals surface area contributed by atoms with Crippen LogP contribution in [0.1, 0.15) is 6.42 Å². The van der Waals surface area contributed by atoms with Gasteiger partial charge in [-0.1, -0.05) is 18.2 Å². The monoisotopic (exact) mass is 271 g/mol. The molecule has 0 saturated carbocycles. The van der Waals surface area contributed by atoms with Crippen molar-refractivity contribution in [3.8, 4) is 0 Å². The van der Waals surface area contributed by atoms with Gasteiger partial charge in [-0.25, -0.2) is 18.1 Å². The number of carbonyl (C=O) groups excluding carboxylic acids is 1. The van der Waals surface area contributed by atoms with Gasteiger partial charge < -0.3 is 0 Å². The first-order valence-corrected chi connectivity index (χ1v) is 6.91. The van der Waals surface area contributed by atoms with Crippen molar-refractivity contribution in [1.82, 2.24) is 15.2 Å². The standard InChI is InChI=1S/C11H17N3O3S/c1-14(2)13-11(15)8-9-12-18(16,17)10-6-4-3-5-7-10/h3-7,12H,8-9H2,1-2H3,(H,13,15). The predicted molar refractivity (Wildman–Crippen MR) is 68.1 cm³/mol. The Morgan fingerprint density at radius 3 is 2.39 bits per heavy atom. The van der Waals surface area contributed by atoms with Crippen LogP contribution in [0.25, 0.3) is 0 Å². The maximum absolute atomic E-state index is 11.8. The van der Waals surface area contributed by atoms with Crippen LogP contribution in [0.3, 0.4) is 0 Å². The van der Waals surface area contributed by atoms with Gasteiger partial charge in [-0.3, -0.25) is 10.2 Å². The third-order valence-electron chi connectivity index (χ3n) is 2.05. The van der Waals surface area contributed by atoms with Gasteiger partial charge in [-0.15, -0.1) is 0 Å². The largest absolute Gasteiger partial charge is 0.289 e. The van der Waals surface area contributed by atoms with Gasteiger partial charge >= 0.3 is 0 Å². The van der Waals surface area contributed by atoms with Crippen LogP contribution in [0.5, 0.6) is 0 Å². The van der Waals surface area contributed by atoms with Crippen LogP contribution in [0.4, 0.5) is 0 Å². The third-order valence-corrected chi connectivity index (χ3v) is 3.52. The number of nitrogens with zero attached hydrogens (tertiary/aromatic N) is 1. The van der Waals surface area contributed by atoms with Gasteiger partial charge in [0.2, 0.25) is 15.9 Å². The summed E-state index contributed by atoms with van der Waals surface area (Å²) >= 11 is 0. The molecule has 0 bridgehead atoms. The Hall–Kier alpha value is -1.44. The van der Waals surface area contributed by atoms with E-state index < -0.39 is 10.0 Å². The van der Waals surface area contributed by atoms with E-state index in [1.54, 1.807) is 32.3 Å². The Morgan fingerprint density at radius 2 is 1.83 bits per heavy atom. The van der Waals surface area contributed by atoms with E-state index in [0.717, 1.165) is 0 Å². The van der Waals surface area contributed by atoms with Gasteiger partial charge in [0.15, 0.2) is 0 Å². The van der Waals surface area contributed by atoms with Crippen LogP contribution in [-0.4, -0.2) is 40.0 Å². The number of amides is 1. The molecule has 0 unspecified atom stereocenters. The fraction of sp³-hybridized carbons (Fsp3) is 0.364. The van der Waals surface area contributed by atoms with E-state index in [0.29, 0.717) is 0 Å². The minimum Gasteiger partial charge on any atom is -0.289 e. The molecule has 6 nitrogen and oxygen atoms in total. The minimum atomic E-state index is -3.53. The zero-order valence-corrected chi connectivity index (χ0v) is 11.2. The molecule has 0 heterocycles. The van der Waals surface area contributed by atoms with E-state index >= 15 is 0 Å². The van der Waals surface area contributed by atoms with Gasteiger partial charge in [-0.05, 0) is 12.1 Å². The van der Waals surface area contributed by atoms with E-state index in [1.165, 1.54) is 17.1 Å². The Balaban J connectivity index is 2.47. The summed E-state index contributed by atoms with van der Waals surface area (Å²) < 4.78 is 25.9. The molecule has 0 spiro atoms. The van der Waals surface area contributed by atoms with Gasteiger partial charge in [0, 0.05) is 27.1 Å². The van der Waals surface area contributed by atoms with Gasteiger partial charge in [0.25, 0.3) is 0 Å². The average molecular weight is 271 g/mol. The molecule has 0 atom stereocenters. The van der Waals surface area contributed by atoms with Gasteiger partial charge in [0.05, 0.1) is 4.90 Å². The lowest BCUT2D eigenvalue weighted by molar-refractivity contribution is -0.124. The molecular weight excluding hydrogens is 254 g/mol. The summed E-state index contributed by atoms with van der Waals surface area (Å²) in [6.07, 6.45) is 0.0875. The molecule has 0 aliphatic carbocycles. The lowest BCUT2D eigenvalue weighted by Gasteiger charge is -2.12. The molecule has 1 aromatic carbocycles. The van der Waals surface area contributed by atoms with E-state index in [-0.39, 0.29) is 23.8 Å². The molecule has 0 aliphatic rings. The molecule has 0 fully saturated rings. The normalized spacial score (nSPS) is 11.5. The molecule has 18 heavy (non-hydrogen) atoms. The maximum Gasteiger partial charge on any atom is 0.240 e. The van der Waals surface area contributed by atoms with Crippen LogP contribution in [0.2, 0.25) is 0 Å². The number of hydrogen-bond acceptors (Lipinski definition) is 4. The van der Waals surface area contributed by atoms with Crippen molar-refractivity contribution >= 4 is 15.9 Å². The fourth-order valence-corrected chi connectivity index (χ4v) is 2.34. The van der Waals surface area contributed by atoms with E-state index in [4.69, 9.17) is 0 Å². The highest BCUT2D eigenvalue weighted by Gasteiger charge is 2.13. The molecule has 1 aromatic rings. The van der Waals surface area contributed by atoms with E-state index in [9.17, 15) is 13.2 Å². The minimum absolute atomic E-state index is 0.0664. The topological polar surface area (TPSA) is 78.5 Å². The number of hydrogen-bond donors (Lipinski definition) is 2. The van der Waals surface area contributed by atoms with Crippen LogP contribution >= 0.6 is 0 Å². The molecule has 0 aliphatic heterocycles. The van der Waals surface area contributed by atoms with Crippen molar-refractivity contribution < 1.29 is 13.2 Å². The second-order valence-electron chi connectivity index (χ2n) is 3.89. The highest BCUT2D eigenvalue weighted by molar-refractivity contribution is 7.89. The summed E-state index contributed by atoms with van der Waals surface area (Å²) in [5, 5.41) is 1.51. The number of nitrogens with one attached hydrogen (secondary N) is 2. The number of benzene rings is 1. The lowest BCUT2D eigenvalue weighted by atomic mass is 10.4. The molecule has 7 heteroatoms. The van der Waals surface area contributed by atoms with Crippen molar-refractivity contribution in [3.05, 3.63) is 30.3 Å². The molecule has 2 N–H and O–H groups in total. The van der Waals surface area contributed by atoms with Crippen molar-refractivity contribution in [1.29, 1.82) is 0 Å². The van der Waals surface area contributed by atoms with Gasteiger partial charge in [0.1, 0.15) is 0 Å². The fourth-order valence-electron chi connectivity index (χ4n) is 1.29. The predicted octanol–water partition coefficient (Wildman–Crippen LogP) is -0.0522. The second-order valence-corrected chi connectivity index (χ2v) is 5.66. The van der Waals surface area contributed by atoms with Crippen molar-refractivity contribution in [2.24, 2.45) is 0 Å². The SMILES string of the molecule is CN(C)NC(=O)CCNS(=O)(=O)c1ccccc1. The number of sulfonamides is 1. The molecule has 1 rings (SSSR count). The third kappa shape index (κ3) is 4.82. The van der Waals surface area contributed by atoms with E-state index in [1.807, 2.05) is 0 Å². The Morgan fingerprint density at radius 1 is 1.22 bits per heavy atom. The Labute approximate surface area is 107 Å². The van der Waals surface area contributed by atoms with Crippen LogP contribution < -0.4 is 10.1 Å².